The molecule has 0 saturated heterocycles. The van der Waals surface area contributed by atoms with Gasteiger partial charge in [0.1, 0.15) is 0 Å². The molecule has 3 rings (SSSR count). The molecule has 2 nitrogen and oxygen atoms in total. The van der Waals surface area contributed by atoms with Crippen molar-refractivity contribution in [2.75, 3.05) is 6.54 Å². The number of benzene rings is 1. The third-order valence-electron chi connectivity index (χ3n) is 3.23. The minimum atomic E-state index is 0.715. The summed E-state index contributed by atoms with van der Waals surface area (Å²) >= 11 is 0. The van der Waals surface area contributed by atoms with E-state index in [1.165, 1.54) is 22.9 Å². The van der Waals surface area contributed by atoms with Gasteiger partial charge in [-0.25, -0.2) is 0 Å². The van der Waals surface area contributed by atoms with E-state index in [-0.39, 0.29) is 0 Å². The van der Waals surface area contributed by atoms with Gasteiger partial charge in [-0.15, -0.1) is 0 Å². The topological polar surface area (TPSA) is 41.8 Å². The van der Waals surface area contributed by atoms with E-state index in [0.717, 1.165) is 12.5 Å². The van der Waals surface area contributed by atoms with Crippen LogP contribution in [0.15, 0.2) is 30.5 Å². The maximum atomic E-state index is 5.65. The normalized spacial score (nSPS) is 25.5. The highest BCUT2D eigenvalue weighted by atomic mass is 14.7. The lowest BCUT2D eigenvalue weighted by atomic mass is 10.1. The fourth-order valence-corrected chi connectivity index (χ4v) is 2.21. The molecular formula is C12H14N2. The van der Waals surface area contributed by atoms with Crippen LogP contribution in [0.2, 0.25) is 0 Å². The fourth-order valence-electron chi connectivity index (χ4n) is 2.21. The van der Waals surface area contributed by atoms with Crippen molar-refractivity contribution in [3.63, 3.8) is 0 Å². The van der Waals surface area contributed by atoms with E-state index in [1.54, 1.807) is 0 Å². The molecule has 72 valence electrons. The number of aromatic nitrogens is 1. The quantitative estimate of drug-likeness (QED) is 0.742. The Kier molecular flexibility index (Phi) is 1.64. The summed E-state index contributed by atoms with van der Waals surface area (Å²) in [5.74, 6) is 1.44. The minimum absolute atomic E-state index is 0.715. The summed E-state index contributed by atoms with van der Waals surface area (Å²) in [4.78, 5) is 3.24. The van der Waals surface area contributed by atoms with Gasteiger partial charge in [-0.2, -0.15) is 0 Å². The van der Waals surface area contributed by atoms with Crippen molar-refractivity contribution >= 4 is 10.9 Å². The highest BCUT2D eigenvalue weighted by Gasteiger charge is 2.36. The average molecular weight is 186 g/mol. The number of nitrogens with two attached hydrogens (primary N) is 1. The number of fused-ring (bicyclic) bond motifs is 1. The number of aromatic amines is 1. The molecule has 2 aromatic rings. The maximum absolute atomic E-state index is 5.65. The second-order valence-electron chi connectivity index (χ2n) is 4.16. The average Bonchev–Trinajstić information content (AvgIpc) is 2.87. The lowest BCUT2D eigenvalue weighted by molar-refractivity contribution is 0.810. The van der Waals surface area contributed by atoms with Crippen molar-refractivity contribution in [2.45, 2.75) is 12.3 Å². The molecule has 0 bridgehead atoms. The SMILES string of the molecule is NC[C@@H]1C[C@H]1c1ccc2cc[nH]c2c1. The lowest BCUT2D eigenvalue weighted by Gasteiger charge is -1.99. The first-order chi connectivity index (χ1) is 6.88. The van der Waals surface area contributed by atoms with E-state index < -0.39 is 0 Å². The van der Waals surface area contributed by atoms with Gasteiger partial charge in [-0.1, -0.05) is 12.1 Å². The Hall–Kier alpha value is -1.28. The van der Waals surface area contributed by atoms with E-state index in [1.807, 2.05) is 6.20 Å². The summed E-state index contributed by atoms with van der Waals surface area (Å²) < 4.78 is 0. The van der Waals surface area contributed by atoms with Crippen LogP contribution in [-0.2, 0) is 0 Å². The molecule has 1 saturated carbocycles. The van der Waals surface area contributed by atoms with E-state index >= 15 is 0 Å². The molecule has 0 spiro atoms. The van der Waals surface area contributed by atoms with Crippen LogP contribution >= 0.6 is 0 Å². The van der Waals surface area contributed by atoms with Crippen LogP contribution in [0.1, 0.15) is 17.9 Å². The van der Waals surface area contributed by atoms with Gasteiger partial charge in [-0.3, -0.25) is 0 Å². The molecule has 1 aliphatic carbocycles. The van der Waals surface area contributed by atoms with Crippen LogP contribution in [0, 0.1) is 5.92 Å². The number of rotatable bonds is 2. The number of nitrogens with one attached hydrogen (secondary N) is 1. The summed E-state index contributed by atoms with van der Waals surface area (Å²) in [6.45, 7) is 0.827. The minimum Gasteiger partial charge on any atom is -0.361 e. The Balaban J connectivity index is 1.98. The molecular weight excluding hydrogens is 172 g/mol. The monoisotopic (exact) mass is 186 g/mol. The molecule has 1 aromatic carbocycles. The third-order valence-corrected chi connectivity index (χ3v) is 3.23. The number of hydrogen-bond donors (Lipinski definition) is 2. The molecule has 0 radical (unpaired) electrons. The van der Waals surface area contributed by atoms with Crippen molar-refractivity contribution in [2.24, 2.45) is 11.7 Å². The molecule has 2 heteroatoms. The Morgan fingerprint density at radius 1 is 1.36 bits per heavy atom. The summed E-state index contributed by atoms with van der Waals surface area (Å²) in [6.07, 6.45) is 3.25. The van der Waals surface area contributed by atoms with Crippen LogP contribution in [0.25, 0.3) is 10.9 Å². The van der Waals surface area contributed by atoms with Crippen LogP contribution in [0.3, 0.4) is 0 Å². The zero-order chi connectivity index (χ0) is 9.54. The highest BCUT2D eigenvalue weighted by Crippen LogP contribution is 2.46. The Bertz CT molecular complexity index is 458. The van der Waals surface area contributed by atoms with Gasteiger partial charge in [0, 0.05) is 11.7 Å². The first-order valence-electron chi connectivity index (χ1n) is 5.15. The van der Waals surface area contributed by atoms with Crippen molar-refractivity contribution in [3.05, 3.63) is 36.0 Å². The smallest absolute Gasteiger partial charge is 0.0456 e. The zero-order valence-corrected chi connectivity index (χ0v) is 8.03. The Labute approximate surface area is 83.1 Å². The summed E-state index contributed by atoms with van der Waals surface area (Å²) in [5.41, 5.74) is 8.33. The van der Waals surface area contributed by atoms with E-state index in [4.69, 9.17) is 5.73 Å². The lowest BCUT2D eigenvalue weighted by Crippen LogP contribution is -2.01. The molecule has 2 atom stereocenters. The molecule has 14 heavy (non-hydrogen) atoms. The second-order valence-corrected chi connectivity index (χ2v) is 4.16. The Morgan fingerprint density at radius 2 is 2.29 bits per heavy atom. The van der Waals surface area contributed by atoms with E-state index in [9.17, 15) is 0 Å². The van der Waals surface area contributed by atoms with Gasteiger partial charge in [0.2, 0.25) is 0 Å². The summed E-state index contributed by atoms with van der Waals surface area (Å²) in [6, 6.07) is 8.78. The molecule has 0 unspecified atom stereocenters. The Morgan fingerprint density at radius 3 is 3.07 bits per heavy atom. The predicted molar refractivity (Wildman–Crippen MR) is 58.2 cm³/mol. The predicted octanol–water partition coefficient (Wildman–Crippen LogP) is 2.23. The van der Waals surface area contributed by atoms with Crippen molar-refractivity contribution in [1.82, 2.24) is 4.98 Å². The van der Waals surface area contributed by atoms with Crippen molar-refractivity contribution < 1.29 is 0 Å². The molecule has 0 aliphatic heterocycles. The third kappa shape index (κ3) is 1.15. The van der Waals surface area contributed by atoms with Gasteiger partial charge in [-0.05, 0) is 47.9 Å². The van der Waals surface area contributed by atoms with Gasteiger partial charge < -0.3 is 10.7 Å². The standard InChI is InChI=1S/C12H14N2/c13-7-10-5-11(10)9-2-1-8-3-4-14-12(8)6-9/h1-4,6,10-11,14H,5,7,13H2/t10-,11-/m0/s1. The zero-order valence-electron chi connectivity index (χ0n) is 8.03. The van der Waals surface area contributed by atoms with Crippen LogP contribution < -0.4 is 5.73 Å². The van der Waals surface area contributed by atoms with Crippen LogP contribution in [-0.4, -0.2) is 11.5 Å². The van der Waals surface area contributed by atoms with Gasteiger partial charge in [0.05, 0.1) is 0 Å². The van der Waals surface area contributed by atoms with Crippen LogP contribution in [0.5, 0.6) is 0 Å². The maximum Gasteiger partial charge on any atom is 0.0456 e. The number of hydrogen-bond acceptors (Lipinski definition) is 1. The molecule has 3 N–H and O–H groups in total. The van der Waals surface area contributed by atoms with E-state index in [0.29, 0.717) is 5.92 Å². The highest BCUT2D eigenvalue weighted by molar-refractivity contribution is 5.80. The summed E-state index contributed by atoms with van der Waals surface area (Å²) in [5, 5.41) is 1.29. The molecule has 0 amide bonds. The van der Waals surface area contributed by atoms with Crippen molar-refractivity contribution in [3.8, 4) is 0 Å². The molecule has 1 heterocycles. The molecule has 1 fully saturated rings. The van der Waals surface area contributed by atoms with Gasteiger partial charge in [0.25, 0.3) is 0 Å². The number of H-pyrrole nitrogens is 1. The first kappa shape index (κ1) is 8.06. The van der Waals surface area contributed by atoms with Crippen molar-refractivity contribution in [1.29, 1.82) is 0 Å². The van der Waals surface area contributed by atoms with Gasteiger partial charge >= 0.3 is 0 Å². The summed E-state index contributed by atoms with van der Waals surface area (Å²) in [7, 11) is 0. The molecule has 1 aliphatic rings. The fraction of sp³-hybridized carbons (Fsp3) is 0.333. The second kappa shape index (κ2) is 2.85. The largest absolute Gasteiger partial charge is 0.361 e. The molecule has 1 aromatic heterocycles. The first-order valence-corrected chi connectivity index (χ1v) is 5.15. The van der Waals surface area contributed by atoms with Gasteiger partial charge in [0.15, 0.2) is 0 Å². The van der Waals surface area contributed by atoms with E-state index in [2.05, 4.69) is 29.2 Å². The van der Waals surface area contributed by atoms with Crippen LogP contribution in [0.4, 0.5) is 0 Å².